The van der Waals surface area contributed by atoms with E-state index in [9.17, 15) is 0 Å². The Kier molecular flexibility index (Phi) is 5.26. The first kappa shape index (κ1) is 18.9. The predicted octanol–water partition coefficient (Wildman–Crippen LogP) is 3.46. The van der Waals surface area contributed by atoms with Gasteiger partial charge in [-0.1, -0.05) is 6.92 Å². The van der Waals surface area contributed by atoms with Gasteiger partial charge in [0.05, 0.1) is 0 Å². The molecule has 1 saturated heterocycles. The smallest absolute Gasteiger partial charge is 0.161 e. The van der Waals surface area contributed by atoms with Gasteiger partial charge in [0.15, 0.2) is 5.82 Å². The minimum atomic E-state index is 0.415. The lowest BCUT2D eigenvalue weighted by Crippen LogP contribution is -2.40. The van der Waals surface area contributed by atoms with Gasteiger partial charge in [-0.2, -0.15) is 0 Å². The van der Waals surface area contributed by atoms with Crippen LogP contribution in [0.15, 0.2) is 36.9 Å². The molecule has 0 radical (unpaired) electrons. The summed E-state index contributed by atoms with van der Waals surface area (Å²) in [5, 5.41) is 3.76. The lowest BCUT2D eigenvalue weighted by atomic mass is 10.0. The number of aryl methyl sites for hydroxylation is 2. The van der Waals surface area contributed by atoms with Gasteiger partial charge < -0.3 is 10.2 Å². The van der Waals surface area contributed by atoms with Crippen LogP contribution in [0.5, 0.6) is 0 Å². The second-order valence-corrected chi connectivity index (χ2v) is 8.04. The molecule has 3 aromatic heterocycles. The molecule has 0 bridgehead atoms. The SMILES string of the molecule is CCc1cc(N2CCC(Nc3nc(-c4ccncc4)nc4c3CCC4)CC2)ncn1. The summed E-state index contributed by atoms with van der Waals surface area (Å²) in [6.45, 7) is 4.10. The van der Waals surface area contributed by atoms with Gasteiger partial charge in [-0.3, -0.25) is 4.98 Å². The van der Waals surface area contributed by atoms with Crippen LogP contribution in [0.1, 0.15) is 43.1 Å². The third-order valence-electron chi connectivity index (χ3n) is 6.10. The zero-order valence-electron chi connectivity index (χ0n) is 17.4. The molecule has 1 aliphatic heterocycles. The van der Waals surface area contributed by atoms with Crippen LogP contribution in [0.2, 0.25) is 0 Å². The Morgan fingerprint density at radius 1 is 1.07 bits per heavy atom. The van der Waals surface area contributed by atoms with Gasteiger partial charge in [0, 0.05) is 60.1 Å². The van der Waals surface area contributed by atoms with Crippen LogP contribution in [0.25, 0.3) is 11.4 Å². The van der Waals surface area contributed by atoms with Crippen molar-refractivity contribution >= 4 is 11.6 Å². The average Bonchev–Trinajstić information content (AvgIpc) is 3.29. The van der Waals surface area contributed by atoms with Crippen LogP contribution in [-0.4, -0.2) is 44.1 Å². The van der Waals surface area contributed by atoms with Crippen LogP contribution in [0.3, 0.4) is 0 Å². The Balaban J connectivity index is 1.31. The van der Waals surface area contributed by atoms with E-state index >= 15 is 0 Å². The normalized spacial score (nSPS) is 16.5. The Hall–Kier alpha value is -3.09. The molecule has 2 aliphatic rings. The van der Waals surface area contributed by atoms with Crippen molar-refractivity contribution in [2.45, 2.75) is 51.5 Å². The molecule has 0 spiro atoms. The third-order valence-corrected chi connectivity index (χ3v) is 6.10. The van der Waals surface area contributed by atoms with Crippen molar-refractivity contribution in [2.75, 3.05) is 23.3 Å². The van der Waals surface area contributed by atoms with Gasteiger partial charge in [0.2, 0.25) is 0 Å². The van der Waals surface area contributed by atoms with E-state index in [1.54, 1.807) is 18.7 Å². The van der Waals surface area contributed by atoms with Crippen molar-refractivity contribution in [1.29, 1.82) is 0 Å². The van der Waals surface area contributed by atoms with Gasteiger partial charge >= 0.3 is 0 Å². The fourth-order valence-electron chi connectivity index (χ4n) is 4.38. The fourth-order valence-corrected chi connectivity index (χ4v) is 4.38. The van der Waals surface area contributed by atoms with Crippen LogP contribution in [-0.2, 0) is 19.3 Å². The molecular weight excluding hydrogens is 374 g/mol. The summed E-state index contributed by atoms with van der Waals surface area (Å²) in [6.07, 6.45) is 11.6. The number of pyridine rings is 1. The molecule has 1 aliphatic carbocycles. The Morgan fingerprint density at radius 3 is 2.70 bits per heavy atom. The summed E-state index contributed by atoms with van der Waals surface area (Å²) in [7, 11) is 0. The number of nitrogens with one attached hydrogen (secondary N) is 1. The van der Waals surface area contributed by atoms with Crippen molar-refractivity contribution in [3.05, 3.63) is 53.9 Å². The van der Waals surface area contributed by atoms with E-state index in [1.165, 1.54) is 11.3 Å². The Morgan fingerprint density at radius 2 is 1.90 bits per heavy atom. The highest BCUT2D eigenvalue weighted by atomic mass is 15.2. The fraction of sp³-hybridized carbons (Fsp3) is 0.435. The number of anilines is 2. The van der Waals surface area contributed by atoms with Gasteiger partial charge in [-0.25, -0.2) is 19.9 Å². The highest BCUT2D eigenvalue weighted by Crippen LogP contribution is 2.30. The van der Waals surface area contributed by atoms with E-state index in [0.717, 1.165) is 80.3 Å². The maximum Gasteiger partial charge on any atom is 0.161 e. The summed E-state index contributed by atoms with van der Waals surface area (Å²) in [6, 6.07) is 6.49. The standard InChI is InChI=1S/C23H27N7/c1-2-17-14-21(26-15-25-17)30-12-8-18(9-13-30)27-23-19-4-3-5-20(19)28-22(29-23)16-6-10-24-11-7-16/h6-7,10-11,14-15,18H,2-5,8-9,12-13H2,1H3,(H,27,28,29). The van der Waals surface area contributed by atoms with E-state index in [1.807, 2.05) is 12.1 Å². The van der Waals surface area contributed by atoms with Crippen LogP contribution in [0.4, 0.5) is 11.6 Å². The maximum absolute atomic E-state index is 4.92. The summed E-state index contributed by atoms with van der Waals surface area (Å²) in [5.41, 5.74) is 4.62. The molecular formula is C23H27N7. The number of hydrogen-bond acceptors (Lipinski definition) is 7. The molecule has 30 heavy (non-hydrogen) atoms. The number of hydrogen-bond donors (Lipinski definition) is 1. The molecule has 3 aromatic rings. The highest BCUT2D eigenvalue weighted by Gasteiger charge is 2.25. The zero-order valence-corrected chi connectivity index (χ0v) is 17.4. The summed E-state index contributed by atoms with van der Waals surface area (Å²) < 4.78 is 0. The van der Waals surface area contributed by atoms with Crippen LogP contribution in [0, 0.1) is 0 Å². The van der Waals surface area contributed by atoms with Crippen LogP contribution >= 0.6 is 0 Å². The number of fused-ring (bicyclic) bond motifs is 1. The van der Waals surface area contributed by atoms with Gasteiger partial charge in [0.1, 0.15) is 18.0 Å². The van der Waals surface area contributed by atoms with E-state index < -0.39 is 0 Å². The molecule has 1 N–H and O–H groups in total. The first-order valence-electron chi connectivity index (χ1n) is 10.9. The predicted molar refractivity (Wildman–Crippen MR) is 118 cm³/mol. The van der Waals surface area contributed by atoms with Gasteiger partial charge in [-0.15, -0.1) is 0 Å². The lowest BCUT2D eigenvalue weighted by molar-refractivity contribution is 0.521. The first-order valence-corrected chi connectivity index (χ1v) is 10.9. The van der Waals surface area contributed by atoms with E-state index in [2.05, 4.69) is 38.2 Å². The molecule has 154 valence electrons. The minimum absolute atomic E-state index is 0.415. The molecule has 5 rings (SSSR count). The first-order chi connectivity index (χ1) is 14.8. The second kappa shape index (κ2) is 8.34. The number of rotatable bonds is 5. The van der Waals surface area contributed by atoms with Crippen molar-refractivity contribution in [2.24, 2.45) is 0 Å². The highest BCUT2D eigenvalue weighted by molar-refractivity contribution is 5.60. The summed E-state index contributed by atoms with van der Waals surface area (Å²) in [5.74, 6) is 2.87. The van der Waals surface area contributed by atoms with Crippen molar-refractivity contribution < 1.29 is 0 Å². The van der Waals surface area contributed by atoms with Crippen molar-refractivity contribution in [3.63, 3.8) is 0 Å². The zero-order chi connectivity index (χ0) is 20.3. The monoisotopic (exact) mass is 401 g/mol. The van der Waals surface area contributed by atoms with Gasteiger partial charge in [0.25, 0.3) is 0 Å². The molecule has 7 nitrogen and oxygen atoms in total. The molecule has 0 unspecified atom stereocenters. The quantitative estimate of drug-likeness (QED) is 0.701. The molecule has 1 fully saturated rings. The number of piperidine rings is 1. The molecule has 0 amide bonds. The number of nitrogens with zero attached hydrogens (tertiary/aromatic N) is 6. The number of aromatic nitrogens is 5. The molecule has 0 aromatic carbocycles. The lowest BCUT2D eigenvalue weighted by Gasteiger charge is -2.33. The van der Waals surface area contributed by atoms with E-state index in [4.69, 9.17) is 9.97 Å². The summed E-state index contributed by atoms with van der Waals surface area (Å²) >= 11 is 0. The Labute approximate surface area is 177 Å². The van der Waals surface area contributed by atoms with Crippen molar-refractivity contribution in [3.8, 4) is 11.4 Å². The third kappa shape index (κ3) is 3.84. The van der Waals surface area contributed by atoms with Crippen molar-refractivity contribution in [1.82, 2.24) is 24.9 Å². The average molecular weight is 402 g/mol. The Bertz CT molecular complexity index is 1010. The minimum Gasteiger partial charge on any atom is -0.367 e. The topological polar surface area (TPSA) is 79.7 Å². The maximum atomic E-state index is 4.92. The van der Waals surface area contributed by atoms with Gasteiger partial charge in [-0.05, 0) is 50.7 Å². The molecule has 7 heteroatoms. The largest absolute Gasteiger partial charge is 0.367 e. The van der Waals surface area contributed by atoms with Crippen LogP contribution < -0.4 is 10.2 Å². The van der Waals surface area contributed by atoms with E-state index in [-0.39, 0.29) is 0 Å². The molecule has 0 atom stereocenters. The van der Waals surface area contributed by atoms with E-state index in [0.29, 0.717) is 6.04 Å². The summed E-state index contributed by atoms with van der Waals surface area (Å²) in [4.78, 5) is 25.1. The second-order valence-electron chi connectivity index (χ2n) is 8.04. The molecule has 4 heterocycles. The molecule has 0 saturated carbocycles.